The molecule has 7 heteroatoms. The van der Waals surface area contributed by atoms with Gasteiger partial charge < -0.3 is 5.43 Å². The molecular weight excluding hydrogens is 236 g/mol. The topological polar surface area (TPSA) is 89.6 Å². The number of hydrazine groups is 1. The molecule has 0 saturated carbocycles. The summed E-state index contributed by atoms with van der Waals surface area (Å²) in [6, 6.07) is 1.83. The van der Waals surface area contributed by atoms with E-state index in [0.29, 0.717) is 11.6 Å². The van der Waals surface area contributed by atoms with Crippen LogP contribution in [0.1, 0.15) is 11.4 Å². The number of aryl methyl sites for hydroxylation is 1. The lowest BCUT2D eigenvalue weighted by Crippen LogP contribution is -2.12. The Kier molecular flexibility index (Phi) is 3.50. The molecule has 0 bridgehead atoms. The molecule has 3 N–H and O–H groups in total. The Bertz CT molecular complexity index is 516. The average Bonchev–Trinajstić information content (AvgIpc) is 2.34. The van der Waals surface area contributed by atoms with Gasteiger partial charge in [0.1, 0.15) is 28.0 Å². The van der Waals surface area contributed by atoms with Crippen molar-refractivity contribution in [3.05, 3.63) is 30.0 Å². The monoisotopic (exact) mass is 248 g/mol. The molecule has 0 aromatic carbocycles. The molecule has 0 aliphatic carbocycles. The highest BCUT2D eigenvalue weighted by molar-refractivity contribution is 7.99. The van der Waals surface area contributed by atoms with Gasteiger partial charge in [0.15, 0.2) is 0 Å². The molecule has 88 valence electrons. The van der Waals surface area contributed by atoms with Crippen LogP contribution in [0.3, 0.4) is 0 Å². The summed E-state index contributed by atoms with van der Waals surface area (Å²) in [5.41, 5.74) is 3.47. The summed E-state index contributed by atoms with van der Waals surface area (Å²) < 4.78 is 0. The van der Waals surface area contributed by atoms with Crippen LogP contribution in [-0.4, -0.2) is 19.9 Å². The molecule has 2 aromatic rings. The standard InChI is InChI=1S/C10H12N6S/c1-6-9(16-11)14-7(2)15-10(6)17-8-3-4-12-5-13-8/h3-5H,11H2,1-2H3,(H,14,15,16). The fourth-order valence-electron chi connectivity index (χ4n) is 1.28. The minimum atomic E-state index is 0.633. The lowest BCUT2D eigenvalue weighted by molar-refractivity contribution is 0.931. The summed E-state index contributed by atoms with van der Waals surface area (Å²) in [5.74, 6) is 6.71. The number of nitrogens with one attached hydrogen (secondary N) is 1. The molecule has 0 aliphatic heterocycles. The molecule has 2 heterocycles. The third-order valence-electron chi connectivity index (χ3n) is 2.11. The Labute approximate surface area is 103 Å². The van der Waals surface area contributed by atoms with E-state index in [1.807, 2.05) is 19.9 Å². The molecule has 2 rings (SSSR count). The lowest BCUT2D eigenvalue weighted by Gasteiger charge is -2.09. The fourth-order valence-corrected chi connectivity index (χ4v) is 2.13. The van der Waals surface area contributed by atoms with Crippen LogP contribution in [0.5, 0.6) is 0 Å². The number of anilines is 1. The number of hydrogen-bond acceptors (Lipinski definition) is 7. The van der Waals surface area contributed by atoms with Crippen molar-refractivity contribution in [3.63, 3.8) is 0 Å². The number of nitrogens with two attached hydrogens (primary N) is 1. The zero-order chi connectivity index (χ0) is 12.3. The second-order valence-electron chi connectivity index (χ2n) is 3.34. The predicted molar refractivity (Wildman–Crippen MR) is 65.5 cm³/mol. The largest absolute Gasteiger partial charge is 0.308 e. The molecule has 17 heavy (non-hydrogen) atoms. The van der Waals surface area contributed by atoms with Crippen LogP contribution < -0.4 is 11.3 Å². The Morgan fingerprint density at radius 3 is 2.76 bits per heavy atom. The van der Waals surface area contributed by atoms with Crippen LogP contribution in [0, 0.1) is 13.8 Å². The van der Waals surface area contributed by atoms with Gasteiger partial charge in [-0.1, -0.05) is 0 Å². The predicted octanol–water partition coefficient (Wildman–Crippen LogP) is 1.32. The van der Waals surface area contributed by atoms with Gasteiger partial charge in [-0.3, -0.25) is 0 Å². The highest BCUT2D eigenvalue weighted by Crippen LogP contribution is 2.29. The van der Waals surface area contributed by atoms with Crippen LogP contribution >= 0.6 is 11.8 Å². The van der Waals surface area contributed by atoms with E-state index in [0.717, 1.165) is 15.6 Å². The van der Waals surface area contributed by atoms with E-state index in [9.17, 15) is 0 Å². The van der Waals surface area contributed by atoms with Crippen LogP contribution in [0.2, 0.25) is 0 Å². The smallest absolute Gasteiger partial charge is 0.147 e. The minimum absolute atomic E-state index is 0.633. The van der Waals surface area contributed by atoms with E-state index in [1.54, 1.807) is 6.20 Å². The van der Waals surface area contributed by atoms with Crippen LogP contribution in [-0.2, 0) is 0 Å². The first-order valence-corrected chi connectivity index (χ1v) is 5.78. The molecule has 0 amide bonds. The van der Waals surface area contributed by atoms with E-state index < -0.39 is 0 Å². The summed E-state index contributed by atoms with van der Waals surface area (Å²) in [5, 5.41) is 1.67. The first-order chi connectivity index (χ1) is 8.20. The molecule has 0 spiro atoms. The third-order valence-corrected chi connectivity index (χ3v) is 3.15. The van der Waals surface area contributed by atoms with Crippen molar-refractivity contribution in [2.75, 3.05) is 5.43 Å². The lowest BCUT2D eigenvalue weighted by atomic mass is 10.3. The van der Waals surface area contributed by atoms with Gasteiger partial charge in [0, 0.05) is 11.8 Å². The van der Waals surface area contributed by atoms with Crippen LogP contribution in [0.15, 0.2) is 28.6 Å². The van der Waals surface area contributed by atoms with Gasteiger partial charge in [-0.2, -0.15) is 0 Å². The van der Waals surface area contributed by atoms with Gasteiger partial charge in [0.2, 0.25) is 0 Å². The molecule has 2 aromatic heterocycles. The molecule has 0 aliphatic rings. The quantitative estimate of drug-likeness (QED) is 0.481. The summed E-state index contributed by atoms with van der Waals surface area (Å²) in [6.07, 6.45) is 3.20. The number of hydrogen-bond donors (Lipinski definition) is 2. The second kappa shape index (κ2) is 5.07. The SMILES string of the molecule is Cc1nc(NN)c(C)c(Sc2ccncn2)n1. The molecule has 6 nitrogen and oxygen atoms in total. The maximum absolute atomic E-state index is 5.41. The Hall–Kier alpha value is -1.73. The molecule has 0 radical (unpaired) electrons. The summed E-state index contributed by atoms with van der Waals surface area (Å²) in [4.78, 5) is 16.6. The highest BCUT2D eigenvalue weighted by Gasteiger charge is 2.10. The van der Waals surface area contributed by atoms with Gasteiger partial charge in [-0.25, -0.2) is 25.8 Å². The molecule has 0 saturated heterocycles. The van der Waals surface area contributed by atoms with Crippen molar-refractivity contribution in [2.45, 2.75) is 23.9 Å². The van der Waals surface area contributed by atoms with E-state index in [1.165, 1.54) is 18.1 Å². The Morgan fingerprint density at radius 1 is 1.29 bits per heavy atom. The maximum atomic E-state index is 5.41. The summed E-state index contributed by atoms with van der Waals surface area (Å²) in [7, 11) is 0. The average molecular weight is 248 g/mol. The third kappa shape index (κ3) is 2.69. The van der Waals surface area contributed by atoms with Crippen molar-refractivity contribution >= 4 is 17.6 Å². The van der Waals surface area contributed by atoms with Gasteiger partial charge in [0.25, 0.3) is 0 Å². The van der Waals surface area contributed by atoms with Crippen molar-refractivity contribution in [3.8, 4) is 0 Å². The van der Waals surface area contributed by atoms with E-state index >= 15 is 0 Å². The van der Waals surface area contributed by atoms with Crippen molar-refractivity contribution < 1.29 is 0 Å². The number of rotatable bonds is 3. The second-order valence-corrected chi connectivity index (χ2v) is 4.35. The number of nitrogens with zero attached hydrogens (tertiary/aromatic N) is 4. The van der Waals surface area contributed by atoms with E-state index in [4.69, 9.17) is 5.84 Å². The van der Waals surface area contributed by atoms with Gasteiger partial charge in [0.05, 0.1) is 0 Å². The van der Waals surface area contributed by atoms with Gasteiger partial charge in [-0.15, -0.1) is 0 Å². The molecule has 0 fully saturated rings. The molecule has 0 unspecified atom stereocenters. The van der Waals surface area contributed by atoms with Gasteiger partial charge >= 0.3 is 0 Å². The van der Waals surface area contributed by atoms with E-state index in [2.05, 4.69) is 25.4 Å². The van der Waals surface area contributed by atoms with Crippen molar-refractivity contribution in [1.29, 1.82) is 0 Å². The van der Waals surface area contributed by atoms with Crippen LogP contribution in [0.4, 0.5) is 5.82 Å². The van der Waals surface area contributed by atoms with Crippen molar-refractivity contribution in [2.24, 2.45) is 5.84 Å². The first-order valence-electron chi connectivity index (χ1n) is 4.96. The van der Waals surface area contributed by atoms with Crippen LogP contribution in [0.25, 0.3) is 0 Å². The first kappa shape index (κ1) is 11.7. The summed E-state index contributed by atoms with van der Waals surface area (Å²) >= 11 is 1.46. The Balaban J connectivity index is 2.36. The molecule has 0 atom stereocenters. The molecular formula is C10H12N6S. The summed E-state index contributed by atoms with van der Waals surface area (Å²) in [6.45, 7) is 3.74. The van der Waals surface area contributed by atoms with E-state index in [-0.39, 0.29) is 0 Å². The Morgan fingerprint density at radius 2 is 2.12 bits per heavy atom. The zero-order valence-electron chi connectivity index (χ0n) is 9.51. The number of nitrogen functional groups attached to an aromatic ring is 1. The maximum Gasteiger partial charge on any atom is 0.147 e. The fraction of sp³-hybridized carbons (Fsp3) is 0.200. The highest BCUT2D eigenvalue weighted by atomic mass is 32.2. The van der Waals surface area contributed by atoms with Gasteiger partial charge in [-0.05, 0) is 31.7 Å². The zero-order valence-corrected chi connectivity index (χ0v) is 10.3. The normalized spacial score (nSPS) is 10.3. The van der Waals surface area contributed by atoms with Crippen molar-refractivity contribution in [1.82, 2.24) is 19.9 Å². The number of aromatic nitrogens is 4. The minimum Gasteiger partial charge on any atom is -0.308 e.